The average Bonchev–Trinajstić information content (AvgIpc) is 2.60. The summed E-state index contributed by atoms with van der Waals surface area (Å²) in [6.45, 7) is 5.70. The zero-order valence-electron chi connectivity index (χ0n) is 16.2. The summed E-state index contributed by atoms with van der Waals surface area (Å²) in [6, 6.07) is 3.82. The largest absolute Gasteiger partial charge is 0.358 e. The molecular formula is C22H35F3O. The molecule has 150 valence electrons. The molecule has 26 heavy (non-hydrogen) atoms. The Morgan fingerprint density at radius 2 is 1.46 bits per heavy atom. The molecule has 0 aliphatic heterocycles. The van der Waals surface area contributed by atoms with E-state index in [2.05, 4.69) is 6.92 Å². The maximum Gasteiger partial charge on any atom is 0.358 e. The molecule has 1 nitrogen and oxygen atoms in total. The first-order valence-electron chi connectivity index (χ1n) is 10.1. The van der Waals surface area contributed by atoms with E-state index in [0.717, 1.165) is 31.2 Å². The van der Waals surface area contributed by atoms with Gasteiger partial charge < -0.3 is 4.74 Å². The number of rotatable bonds is 4. The maximum absolute atomic E-state index is 14.5. The van der Waals surface area contributed by atoms with Crippen LogP contribution in [0.3, 0.4) is 0 Å². The average molecular weight is 373 g/mol. The van der Waals surface area contributed by atoms with Crippen molar-refractivity contribution in [2.45, 2.75) is 90.3 Å². The minimum atomic E-state index is -3.00. The third kappa shape index (κ3) is 4.44. The highest BCUT2D eigenvalue weighted by Gasteiger charge is 2.44. The van der Waals surface area contributed by atoms with E-state index in [-0.39, 0.29) is 14.8 Å². The van der Waals surface area contributed by atoms with E-state index >= 15 is 0 Å². The van der Waals surface area contributed by atoms with Crippen molar-refractivity contribution in [3.05, 3.63) is 34.6 Å². The van der Waals surface area contributed by atoms with Gasteiger partial charge in [0.15, 0.2) is 0 Å². The summed E-state index contributed by atoms with van der Waals surface area (Å²) < 4.78 is 48.2. The second-order valence-electron chi connectivity index (χ2n) is 8.58. The summed E-state index contributed by atoms with van der Waals surface area (Å²) in [5.74, 6) is 0.100. The molecule has 0 unspecified atom stereocenters. The highest BCUT2D eigenvalue weighted by molar-refractivity contribution is 5.32. The Kier molecular flexibility index (Phi) is 6.01. The fraction of sp³-hybridized carbons (Fsp3) is 0.727. The predicted molar refractivity (Wildman–Crippen MR) is 102 cm³/mol. The van der Waals surface area contributed by atoms with E-state index in [1.807, 2.05) is 12.1 Å². The summed E-state index contributed by atoms with van der Waals surface area (Å²) in [5.41, 5.74) is 2.46. The first kappa shape index (κ1) is 19.7. The second kappa shape index (κ2) is 7.92. The lowest BCUT2D eigenvalue weighted by molar-refractivity contribution is -0.301. The van der Waals surface area contributed by atoms with Gasteiger partial charge in [0.1, 0.15) is 5.82 Å². The van der Waals surface area contributed by atoms with Crippen molar-refractivity contribution < 1.29 is 20.8 Å². The first-order chi connectivity index (χ1) is 12.3. The predicted octanol–water partition coefficient (Wildman–Crippen LogP) is 7.40. The molecule has 2 saturated carbocycles. The van der Waals surface area contributed by atoms with E-state index in [0.29, 0.717) is 48.6 Å². The maximum atomic E-state index is 14.5. The highest BCUT2D eigenvalue weighted by atomic mass is 19.3. The molecule has 2 aliphatic carbocycles. The Labute approximate surface area is 158 Å². The van der Waals surface area contributed by atoms with Crippen LogP contribution in [0.2, 0.25) is 0 Å². The zero-order valence-corrected chi connectivity index (χ0v) is 16.2. The molecule has 0 bridgehead atoms. The lowest BCUT2D eigenvalue weighted by Crippen LogP contribution is -2.38. The molecule has 0 N–H and O–H groups in total. The summed E-state index contributed by atoms with van der Waals surface area (Å²) in [4.78, 5) is 0. The molecule has 0 atom stereocenters. The Morgan fingerprint density at radius 1 is 0.923 bits per heavy atom. The normalized spacial score (nSPS) is 30.4. The number of ether oxygens (including phenoxy) is 1. The van der Waals surface area contributed by atoms with Crippen LogP contribution in [0.1, 0.15) is 83.8 Å². The van der Waals surface area contributed by atoms with Gasteiger partial charge in [0.05, 0.1) is 12.0 Å². The number of hydrogen-bond donors (Lipinski definition) is 0. The highest BCUT2D eigenvalue weighted by Crippen LogP contribution is 2.43. The summed E-state index contributed by atoms with van der Waals surface area (Å²) in [5, 5.41) is 0. The van der Waals surface area contributed by atoms with Gasteiger partial charge in [-0.1, -0.05) is 31.9 Å². The molecule has 0 heterocycles. The van der Waals surface area contributed by atoms with E-state index < -0.39 is 12.0 Å². The molecular weight excluding hydrogens is 337 g/mol. The second-order valence-corrected chi connectivity index (χ2v) is 8.58. The van der Waals surface area contributed by atoms with E-state index in [4.69, 9.17) is 4.74 Å². The molecule has 0 amide bonds. The molecule has 2 fully saturated rings. The van der Waals surface area contributed by atoms with E-state index in [1.54, 1.807) is 13.8 Å². The number of halogens is 3. The van der Waals surface area contributed by atoms with Crippen LogP contribution in [-0.4, -0.2) is 12.2 Å². The smallest absolute Gasteiger partial charge is 0.317 e. The van der Waals surface area contributed by atoms with Gasteiger partial charge in [-0.3, -0.25) is 0 Å². The molecule has 0 aromatic heterocycles. The fourth-order valence-electron chi connectivity index (χ4n) is 4.64. The van der Waals surface area contributed by atoms with Crippen molar-refractivity contribution >= 4 is 0 Å². The summed E-state index contributed by atoms with van der Waals surface area (Å²) in [7, 11) is 0. The summed E-state index contributed by atoms with van der Waals surface area (Å²) >= 11 is 0. The number of alkyl halides is 2. The van der Waals surface area contributed by atoms with Crippen LogP contribution < -0.4 is 0 Å². The first-order valence-corrected chi connectivity index (χ1v) is 10.1. The van der Waals surface area contributed by atoms with E-state index in [1.165, 1.54) is 0 Å². The lowest BCUT2D eigenvalue weighted by Gasteiger charge is -2.36. The lowest BCUT2D eigenvalue weighted by atomic mass is 9.81. The van der Waals surface area contributed by atoms with Crippen LogP contribution in [-0.2, 0) is 4.74 Å². The van der Waals surface area contributed by atoms with Crippen LogP contribution in [0.4, 0.5) is 13.2 Å². The van der Waals surface area contributed by atoms with Crippen molar-refractivity contribution in [2.24, 2.45) is 11.8 Å². The number of hydrogen-bond acceptors (Lipinski definition) is 1. The van der Waals surface area contributed by atoms with Crippen LogP contribution >= 0.6 is 0 Å². The molecule has 1 aromatic rings. The minimum absolute atomic E-state index is 0. The Morgan fingerprint density at radius 3 is 2.00 bits per heavy atom. The van der Waals surface area contributed by atoms with Crippen molar-refractivity contribution in [3.63, 3.8) is 0 Å². The van der Waals surface area contributed by atoms with Gasteiger partial charge in [0, 0.05) is 2.85 Å². The van der Waals surface area contributed by atoms with Crippen molar-refractivity contribution in [2.75, 3.05) is 0 Å². The van der Waals surface area contributed by atoms with Crippen LogP contribution in [0.25, 0.3) is 0 Å². The topological polar surface area (TPSA) is 9.23 Å². The number of aryl methyl sites for hydroxylation is 2. The third-order valence-corrected chi connectivity index (χ3v) is 6.42. The van der Waals surface area contributed by atoms with E-state index in [9.17, 15) is 13.2 Å². The standard InChI is InChI=1S/C22H31F3O.2H2/c1-14-4-8-19(9-5-14)22(24,25)26-20-10-6-17(7-11-20)18-12-15(2)21(23)16(3)13-18;;/h12-14,17,19-20H,4-11H2,1-3H3;2*1H. The molecule has 4 heteroatoms. The molecule has 3 rings (SSSR count). The van der Waals surface area contributed by atoms with Gasteiger partial charge in [-0.25, -0.2) is 4.39 Å². The minimum Gasteiger partial charge on any atom is -0.317 e. The summed E-state index contributed by atoms with van der Waals surface area (Å²) in [6.07, 6.45) is 2.48. The van der Waals surface area contributed by atoms with Gasteiger partial charge in [-0.05, 0) is 80.9 Å². The van der Waals surface area contributed by atoms with Gasteiger partial charge in [-0.2, -0.15) is 8.78 Å². The zero-order chi connectivity index (χ0) is 18.9. The monoisotopic (exact) mass is 372 g/mol. The SMILES string of the molecule is Cc1cc(C2CCC(OC(F)(F)C3CCC(C)CC3)CC2)cc(C)c1F.[HH].[HH]. The molecule has 0 spiro atoms. The van der Waals surface area contributed by atoms with Crippen LogP contribution in [0.15, 0.2) is 12.1 Å². The quantitative estimate of drug-likeness (QED) is 0.535. The van der Waals surface area contributed by atoms with Gasteiger partial charge in [-0.15, -0.1) is 0 Å². The molecule has 2 aliphatic rings. The Bertz CT molecular complexity index is 599. The van der Waals surface area contributed by atoms with Crippen molar-refractivity contribution in [1.82, 2.24) is 0 Å². The molecule has 0 saturated heterocycles. The molecule has 0 radical (unpaired) electrons. The fourth-order valence-corrected chi connectivity index (χ4v) is 4.64. The Balaban J connectivity index is 0.00000196. The Hall–Kier alpha value is -1.03. The number of benzene rings is 1. The van der Waals surface area contributed by atoms with Gasteiger partial charge in [0.2, 0.25) is 0 Å². The van der Waals surface area contributed by atoms with Crippen LogP contribution in [0, 0.1) is 31.5 Å². The third-order valence-electron chi connectivity index (χ3n) is 6.42. The molecule has 1 aromatic carbocycles. The van der Waals surface area contributed by atoms with Crippen LogP contribution in [0.5, 0.6) is 0 Å². The van der Waals surface area contributed by atoms with Crippen molar-refractivity contribution in [3.8, 4) is 0 Å². The van der Waals surface area contributed by atoms with Gasteiger partial charge in [0.25, 0.3) is 0 Å². The van der Waals surface area contributed by atoms with Gasteiger partial charge >= 0.3 is 6.11 Å². The van der Waals surface area contributed by atoms with Crippen molar-refractivity contribution in [1.29, 1.82) is 0 Å².